The minimum Gasteiger partial charge on any atom is -0.478 e. The van der Waals surface area contributed by atoms with Gasteiger partial charge < -0.3 is 10.8 Å². The van der Waals surface area contributed by atoms with Crippen LogP contribution in [0.25, 0.3) is 0 Å². The van der Waals surface area contributed by atoms with Crippen LogP contribution in [0.3, 0.4) is 0 Å². The molecule has 0 aliphatic rings. The Morgan fingerprint density at radius 1 is 1.12 bits per heavy atom. The van der Waals surface area contributed by atoms with Crippen molar-refractivity contribution in [3.05, 3.63) is 27.4 Å². The lowest BCUT2D eigenvalue weighted by molar-refractivity contribution is 0.0694. The molecule has 1 rings (SSSR count). The Bertz CT molecular complexity index is 537. The molecule has 0 heterocycles. The zero-order valence-corrected chi connectivity index (χ0v) is 14.4. The van der Waals surface area contributed by atoms with Crippen molar-refractivity contribution in [1.82, 2.24) is 0 Å². The van der Waals surface area contributed by atoms with E-state index in [-0.39, 0.29) is 20.3 Å². The summed E-state index contributed by atoms with van der Waals surface area (Å²) in [4.78, 5) is 22.4. The number of primary amides is 1. The quantitative estimate of drug-likeness (QED) is 0.535. The van der Waals surface area contributed by atoms with Crippen molar-refractivity contribution in [2.75, 3.05) is 0 Å². The van der Waals surface area contributed by atoms with Crippen LogP contribution in [0, 0.1) is 22.0 Å². The molecule has 0 radical (unpaired) electrons. The summed E-state index contributed by atoms with van der Waals surface area (Å²) >= 11 is 5.36. The van der Waals surface area contributed by atoms with Gasteiger partial charge in [-0.15, -0.1) is 0 Å². The number of amides is 1. The lowest BCUT2D eigenvalue weighted by atomic mass is 10.1. The van der Waals surface area contributed by atoms with Crippen LogP contribution in [-0.4, -0.2) is 17.0 Å². The predicted molar refractivity (Wildman–Crippen MR) is 84.8 cm³/mol. The summed E-state index contributed by atoms with van der Waals surface area (Å²) in [6, 6.07) is 1.89. The molecular weight excluding hydrogens is 565 g/mol. The minimum absolute atomic E-state index is 0.0584. The molecule has 5 nitrogen and oxygen atoms in total. The first kappa shape index (κ1) is 14.9. The SMILES string of the molecule is N#Cc1c(I)c(C(N)=O)c(I)c(C(=O)O)c1I. The van der Waals surface area contributed by atoms with E-state index in [1.165, 1.54) is 0 Å². The summed E-state index contributed by atoms with van der Waals surface area (Å²) in [6.07, 6.45) is 0. The van der Waals surface area contributed by atoms with Crippen molar-refractivity contribution in [3.8, 4) is 6.07 Å². The topological polar surface area (TPSA) is 104 Å². The third kappa shape index (κ3) is 2.65. The maximum absolute atomic E-state index is 11.3. The number of carbonyl (C=O) groups excluding carboxylic acids is 1. The molecule has 3 N–H and O–H groups in total. The van der Waals surface area contributed by atoms with Crippen molar-refractivity contribution in [1.29, 1.82) is 5.26 Å². The van der Waals surface area contributed by atoms with E-state index in [1.807, 2.05) is 28.7 Å². The van der Waals surface area contributed by atoms with Gasteiger partial charge in [-0.05, 0) is 67.8 Å². The normalized spacial score (nSPS) is 9.76. The lowest BCUT2D eigenvalue weighted by Crippen LogP contribution is -2.19. The monoisotopic (exact) mass is 568 g/mol. The number of carbonyl (C=O) groups is 2. The predicted octanol–water partition coefficient (Wildman–Crippen LogP) is 2.17. The first-order valence-corrected chi connectivity index (χ1v) is 7.20. The van der Waals surface area contributed by atoms with Gasteiger partial charge in [-0.3, -0.25) is 4.79 Å². The Kier molecular flexibility index (Phi) is 4.95. The maximum atomic E-state index is 11.3. The van der Waals surface area contributed by atoms with E-state index < -0.39 is 11.9 Å². The average Bonchev–Trinajstić information content (AvgIpc) is 2.16. The molecule has 0 saturated carbocycles. The van der Waals surface area contributed by atoms with Crippen LogP contribution in [-0.2, 0) is 0 Å². The first-order valence-electron chi connectivity index (χ1n) is 3.96. The zero-order chi connectivity index (χ0) is 13.3. The van der Waals surface area contributed by atoms with Crippen LogP contribution in [0.15, 0.2) is 0 Å². The van der Waals surface area contributed by atoms with Gasteiger partial charge >= 0.3 is 5.97 Å². The maximum Gasteiger partial charge on any atom is 0.337 e. The molecule has 0 atom stereocenters. The number of aromatic carboxylic acids is 1. The van der Waals surface area contributed by atoms with Crippen molar-refractivity contribution in [3.63, 3.8) is 0 Å². The van der Waals surface area contributed by atoms with Gasteiger partial charge in [-0.1, -0.05) is 0 Å². The van der Waals surface area contributed by atoms with Gasteiger partial charge in [0.25, 0.3) is 5.91 Å². The summed E-state index contributed by atoms with van der Waals surface area (Å²) in [5.41, 5.74) is 5.39. The van der Waals surface area contributed by atoms with E-state index in [9.17, 15) is 9.59 Å². The molecular formula is C9H3I3N2O3. The number of rotatable bonds is 2. The van der Waals surface area contributed by atoms with Crippen LogP contribution in [0.5, 0.6) is 0 Å². The Morgan fingerprint density at radius 2 is 1.59 bits per heavy atom. The van der Waals surface area contributed by atoms with Gasteiger partial charge in [0.15, 0.2) is 0 Å². The number of nitrogens with zero attached hydrogens (tertiary/aromatic N) is 1. The molecule has 0 fully saturated rings. The molecule has 8 heteroatoms. The van der Waals surface area contributed by atoms with E-state index in [0.717, 1.165) is 0 Å². The van der Waals surface area contributed by atoms with Crippen LogP contribution >= 0.6 is 67.8 Å². The zero-order valence-electron chi connectivity index (χ0n) is 7.92. The first-order chi connectivity index (χ1) is 7.82. The number of carboxylic acids is 1. The summed E-state index contributed by atoms with van der Waals surface area (Å²) in [6.45, 7) is 0. The molecule has 0 spiro atoms. The van der Waals surface area contributed by atoms with Gasteiger partial charge in [-0.25, -0.2) is 4.79 Å². The van der Waals surface area contributed by atoms with Gasteiger partial charge in [0.1, 0.15) is 6.07 Å². The minimum atomic E-state index is -1.19. The molecule has 1 aromatic rings. The Labute approximate surface area is 137 Å². The highest BCUT2D eigenvalue weighted by molar-refractivity contribution is 14.1. The van der Waals surface area contributed by atoms with E-state index in [1.54, 1.807) is 45.2 Å². The molecule has 0 aliphatic carbocycles. The van der Waals surface area contributed by atoms with E-state index in [4.69, 9.17) is 16.1 Å². The molecule has 1 aromatic carbocycles. The summed E-state index contributed by atoms with van der Waals surface area (Å²) < 4.78 is 0.961. The summed E-state index contributed by atoms with van der Waals surface area (Å²) in [7, 11) is 0. The number of carboxylic acid groups (broad SMARTS) is 1. The Hall–Kier alpha value is -0.160. The number of benzene rings is 1. The molecule has 0 unspecified atom stereocenters. The van der Waals surface area contributed by atoms with E-state index >= 15 is 0 Å². The van der Waals surface area contributed by atoms with Crippen LogP contribution in [0.1, 0.15) is 26.3 Å². The molecule has 1 amide bonds. The highest BCUT2D eigenvalue weighted by atomic mass is 127. The number of halogens is 3. The number of hydrogen-bond donors (Lipinski definition) is 2. The second-order valence-corrected chi connectivity index (χ2v) is 6.08. The number of nitriles is 1. The van der Waals surface area contributed by atoms with Crippen molar-refractivity contribution >= 4 is 79.6 Å². The standard InChI is InChI=1S/C9H3I3N2O3/c10-5-2(1-13)6(11)4(9(16)17)7(12)3(5)8(14)15/h(H2,14,15)(H,16,17). The molecule has 0 aliphatic heterocycles. The van der Waals surface area contributed by atoms with Gasteiger partial charge in [-0.2, -0.15) is 5.26 Å². The second-order valence-electron chi connectivity index (χ2n) is 2.85. The molecule has 0 saturated heterocycles. The molecule has 0 aromatic heterocycles. The highest BCUT2D eigenvalue weighted by Crippen LogP contribution is 2.31. The molecule has 0 bridgehead atoms. The summed E-state index contributed by atoms with van der Waals surface area (Å²) in [5, 5.41) is 18.1. The fourth-order valence-electron chi connectivity index (χ4n) is 1.17. The van der Waals surface area contributed by atoms with Gasteiger partial charge in [0.2, 0.25) is 0 Å². The fraction of sp³-hybridized carbons (Fsp3) is 0. The fourth-order valence-corrected chi connectivity index (χ4v) is 5.57. The smallest absolute Gasteiger partial charge is 0.337 e. The third-order valence-corrected chi connectivity index (χ3v) is 5.13. The summed E-state index contributed by atoms with van der Waals surface area (Å²) in [5.74, 6) is -1.93. The van der Waals surface area contributed by atoms with E-state index in [2.05, 4.69) is 0 Å². The Morgan fingerprint density at radius 3 is 1.94 bits per heavy atom. The molecule has 88 valence electrons. The Balaban J connectivity index is 3.91. The van der Waals surface area contributed by atoms with E-state index in [0.29, 0.717) is 7.14 Å². The van der Waals surface area contributed by atoms with Crippen molar-refractivity contribution in [2.24, 2.45) is 5.73 Å². The number of hydrogen-bond acceptors (Lipinski definition) is 3. The highest BCUT2D eigenvalue weighted by Gasteiger charge is 2.26. The lowest BCUT2D eigenvalue weighted by Gasteiger charge is -2.11. The van der Waals surface area contributed by atoms with Crippen molar-refractivity contribution in [2.45, 2.75) is 0 Å². The van der Waals surface area contributed by atoms with Crippen molar-refractivity contribution < 1.29 is 14.7 Å². The van der Waals surface area contributed by atoms with Crippen LogP contribution in [0.2, 0.25) is 0 Å². The van der Waals surface area contributed by atoms with Crippen LogP contribution in [0.4, 0.5) is 0 Å². The van der Waals surface area contributed by atoms with Gasteiger partial charge in [0, 0.05) is 10.7 Å². The third-order valence-electron chi connectivity index (χ3n) is 1.89. The molecule has 17 heavy (non-hydrogen) atoms. The van der Waals surface area contributed by atoms with Gasteiger partial charge in [0.05, 0.1) is 16.7 Å². The number of nitrogens with two attached hydrogens (primary N) is 1. The largest absolute Gasteiger partial charge is 0.478 e. The average molecular weight is 568 g/mol. The van der Waals surface area contributed by atoms with Crippen LogP contribution < -0.4 is 5.73 Å². The second kappa shape index (κ2) is 5.65.